The molecule has 0 aliphatic carbocycles. The number of nitrogens with one attached hydrogen (secondary N) is 2. The molecule has 0 radical (unpaired) electrons. The van der Waals surface area contributed by atoms with Crippen LogP contribution in [0.25, 0.3) is 0 Å². The van der Waals surface area contributed by atoms with Crippen molar-refractivity contribution in [3.05, 3.63) is 41.4 Å². The number of thiophene rings is 1. The fraction of sp³-hybridized carbons (Fsp3) is 0.0909. The molecule has 2 N–H and O–H groups in total. The minimum atomic E-state index is -0.277. The van der Waals surface area contributed by atoms with Crippen molar-refractivity contribution in [1.29, 1.82) is 0 Å². The van der Waals surface area contributed by atoms with Crippen LogP contribution in [0.3, 0.4) is 0 Å². The standard InChI is InChI=1S/C11H11N3OS/c1-8-4-5-12-9(7-8)13-11(15)14-10-3-2-6-16-10/h2-7H,1H3,(H2,12,13,14,15). The van der Waals surface area contributed by atoms with Gasteiger partial charge in [0.15, 0.2) is 0 Å². The Morgan fingerprint density at radius 2 is 2.25 bits per heavy atom. The Balaban J connectivity index is 1.97. The van der Waals surface area contributed by atoms with Gasteiger partial charge < -0.3 is 0 Å². The van der Waals surface area contributed by atoms with Crippen LogP contribution in [0, 0.1) is 6.92 Å². The number of anilines is 2. The van der Waals surface area contributed by atoms with Gasteiger partial charge in [0, 0.05) is 6.20 Å². The molecule has 16 heavy (non-hydrogen) atoms. The number of urea groups is 1. The first-order valence-corrected chi connectivity index (χ1v) is 5.66. The van der Waals surface area contributed by atoms with Gasteiger partial charge in [0.2, 0.25) is 0 Å². The molecule has 0 aliphatic heterocycles. The molecular formula is C11H11N3OS. The Morgan fingerprint density at radius 3 is 2.94 bits per heavy atom. The lowest BCUT2D eigenvalue weighted by Crippen LogP contribution is -2.19. The predicted octanol–water partition coefficient (Wildman–Crippen LogP) is 3.10. The molecule has 2 rings (SSSR count). The van der Waals surface area contributed by atoms with E-state index in [0.717, 1.165) is 10.6 Å². The fourth-order valence-electron chi connectivity index (χ4n) is 1.21. The van der Waals surface area contributed by atoms with Crippen molar-refractivity contribution in [2.24, 2.45) is 0 Å². The van der Waals surface area contributed by atoms with Crippen molar-refractivity contribution >= 4 is 28.2 Å². The zero-order valence-electron chi connectivity index (χ0n) is 8.73. The van der Waals surface area contributed by atoms with E-state index < -0.39 is 0 Å². The third kappa shape index (κ3) is 2.80. The molecule has 2 aromatic rings. The van der Waals surface area contributed by atoms with Crippen LogP contribution in [-0.4, -0.2) is 11.0 Å². The first-order chi connectivity index (χ1) is 7.74. The Bertz CT molecular complexity index is 482. The monoisotopic (exact) mass is 233 g/mol. The highest BCUT2D eigenvalue weighted by Gasteiger charge is 2.03. The first kappa shape index (κ1) is 10.6. The van der Waals surface area contributed by atoms with Crippen molar-refractivity contribution < 1.29 is 4.79 Å². The van der Waals surface area contributed by atoms with E-state index in [4.69, 9.17) is 0 Å². The van der Waals surface area contributed by atoms with Gasteiger partial charge in [-0.1, -0.05) is 0 Å². The van der Waals surface area contributed by atoms with Crippen LogP contribution in [0.2, 0.25) is 0 Å². The summed E-state index contributed by atoms with van der Waals surface area (Å²) in [6.07, 6.45) is 1.66. The number of carbonyl (C=O) groups excluding carboxylic acids is 1. The lowest BCUT2D eigenvalue weighted by Gasteiger charge is -2.05. The third-order valence-corrected chi connectivity index (χ3v) is 2.70. The van der Waals surface area contributed by atoms with Gasteiger partial charge in [0.05, 0.1) is 5.00 Å². The van der Waals surface area contributed by atoms with Gasteiger partial charge in [0.1, 0.15) is 5.82 Å². The highest BCUT2D eigenvalue weighted by atomic mass is 32.1. The zero-order chi connectivity index (χ0) is 11.4. The molecule has 4 nitrogen and oxygen atoms in total. The van der Waals surface area contributed by atoms with Crippen LogP contribution in [0.5, 0.6) is 0 Å². The van der Waals surface area contributed by atoms with E-state index >= 15 is 0 Å². The smallest absolute Gasteiger partial charge is 0.299 e. The molecule has 2 heterocycles. The average Bonchev–Trinajstić information content (AvgIpc) is 2.70. The second kappa shape index (κ2) is 4.76. The Kier molecular flexibility index (Phi) is 3.16. The molecule has 0 fully saturated rings. The van der Waals surface area contributed by atoms with Crippen molar-refractivity contribution in [1.82, 2.24) is 4.98 Å². The quantitative estimate of drug-likeness (QED) is 0.837. The summed E-state index contributed by atoms with van der Waals surface area (Å²) in [6.45, 7) is 1.95. The summed E-state index contributed by atoms with van der Waals surface area (Å²) < 4.78 is 0. The van der Waals surface area contributed by atoms with E-state index in [1.165, 1.54) is 11.3 Å². The number of aromatic nitrogens is 1. The fourth-order valence-corrected chi connectivity index (χ4v) is 1.83. The average molecular weight is 233 g/mol. The van der Waals surface area contributed by atoms with Crippen LogP contribution < -0.4 is 10.6 Å². The maximum atomic E-state index is 11.5. The predicted molar refractivity (Wildman–Crippen MR) is 65.9 cm³/mol. The molecule has 0 unspecified atom stereocenters. The van der Waals surface area contributed by atoms with E-state index in [0.29, 0.717) is 5.82 Å². The van der Waals surface area contributed by atoms with Crippen LogP contribution in [0.15, 0.2) is 35.8 Å². The minimum Gasteiger partial charge on any atom is -0.299 e. The van der Waals surface area contributed by atoms with Crippen LogP contribution >= 0.6 is 11.3 Å². The maximum Gasteiger partial charge on any atom is 0.325 e. The highest BCUT2D eigenvalue weighted by molar-refractivity contribution is 7.14. The summed E-state index contributed by atoms with van der Waals surface area (Å²) in [5.41, 5.74) is 1.06. The van der Waals surface area contributed by atoms with Gasteiger partial charge in [-0.3, -0.25) is 10.6 Å². The molecule has 0 aliphatic rings. The first-order valence-electron chi connectivity index (χ1n) is 4.78. The molecule has 82 valence electrons. The molecule has 5 heteroatoms. The summed E-state index contributed by atoms with van der Waals surface area (Å²) in [6, 6.07) is 7.13. The normalized spacial score (nSPS) is 9.81. The number of hydrogen-bond acceptors (Lipinski definition) is 3. The summed E-state index contributed by atoms with van der Waals surface area (Å²) >= 11 is 1.47. The van der Waals surface area contributed by atoms with Crippen LogP contribution in [0.4, 0.5) is 15.6 Å². The van der Waals surface area contributed by atoms with Crippen LogP contribution in [-0.2, 0) is 0 Å². The van der Waals surface area contributed by atoms with Crippen LogP contribution in [0.1, 0.15) is 5.56 Å². The van der Waals surface area contributed by atoms with E-state index in [-0.39, 0.29) is 6.03 Å². The van der Waals surface area contributed by atoms with Gasteiger partial charge >= 0.3 is 6.03 Å². The van der Waals surface area contributed by atoms with Gasteiger partial charge in [-0.05, 0) is 42.1 Å². The van der Waals surface area contributed by atoms with Gasteiger partial charge in [-0.25, -0.2) is 9.78 Å². The summed E-state index contributed by atoms with van der Waals surface area (Å²) in [5.74, 6) is 0.550. The molecule has 0 spiro atoms. The lowest BCUT2D eigenvalue weighted by atomic mass is 10.3. The van der Waals surface area contributed by atoms with Crippen molar-refractivity contribution in [3.63, 3.8) is 0 Å². The summed E-state index contributed by atoms with van der Waals surface area (Å²) in [4.78, 5) is 15.6. The minimum absolute atomic E-state index is 0.277. The molecule has 0 saturated heterocycles. The second-order valence-electron chi connectivity index (χ2n) is 3.27. The van der Waals surface area contributed by atoms with Gasteiger partial charge in [-0.2, -0.15) is 0 Å². The number of rotatable bonds is 2. The van der Waals surface area contributed by atoms with Crippen molar-refractivity contribution in [3.8, 4) is 0 Å². The second-order valence-corrected chi connectivity index (χ2v) is 4.22. The zero-order valence-corrected chi connectivity index (χ0v) is 9.54. The van der Waals surface area contributed by atoms with E-state index in [1.807, 2.05) is 36.6 Å². The summed E-state index contributed by atoms with van der Waals surface area (Å²) in [7, 11) is 0. The molecule has 0 bridgehead atoms. The number of hydrogen-bond donors (Lipinski definition) is 2. The number of carbonyl (C=O) groups is 1. The number of nitrogens with zero attached hydrogens (tertiary/aromatic N) is 1. The molecule has 0 saturated carbocycles. The van der Waals surface area contributed by atoms with E-state index in [9.17, 15) is 4.79 Å². The topological polar surface area (TPSA) is 54.0 Å². The molecular weight excluding hydrogens is 222 g/mol. The van der Waals surface area contributed by atoms with E-state index in [1.54, 1.807) is 6.20 Å². The SMILES string of the molecule is Cc1ccnc(NC(=O)Nc2cccs2)c1. The number of aryl methyl sites for hydroxylation is 1. The Labute approximate surface area is 97.3 Å². The van der Waals surface area contributed by atoms with Crippen molar-refractivity contribution in [2.75, 3.05) is 10.6 Å². The number of pyridine rings is 1. The molecule has 0 atom stereocenters. The molecule has 2 aromatic heterocycles. The Hall–Kier alpha value is -1.88. The third-order valence-electron chi connectivity index (χ3n) is 1.91. The summed E-state index contributed by atoms with van der Waals surface area (Å²) in [5, 5.41) is 8.10. The maximum absolute atomic E-state index is 11.5. The van der Waals surface area contributed by atoms with Gasteiger partial charge in [-0.15, -0.1) is 11.3 Å². The largest absolute Gasteiger partial charge is 0.325 e. The van der Waals surface area contributed by atoms with Crippen molar-refractivity contribution in [2.45, 2.75) is 6.92 Å². The molecule has 0 aromatic carbocycles. The number of amides is 2. The highest BCUT2D eigenvalue weighted by Crippen LogP contribution is 2.15. The lowest BCUT2D eigenvalue weighted by molar-refractivity contribution is 0.262. The Morgan fingerprint density at radius 1 is 1.38 bits per heavy atom. The molecule has 2 amide bonds. The van der Waals surface area contributed by atoms with Gasteiger partial charge in [0.25, 0.3) is 0 Å². The van der Waals surface area contributed by atoms with E-state index in [2.05, 4.69) is 15.6 Å².